The molecule has 0 aliphatic carbocycles. The molecule has 0 saturated carbocycles. The van der Waals surface area contributed by atoms with Crippen molar-refractivity contribution in [2.24, 2.45) is 17.8 Å². The fourth-order valence-corrected chi connectivity index (χ4v) is 11.0. The van der Waals surface area contributed by atoms with Gasteiger partial charge in [0, 0.05) is 81.5 Å². The number of non-ortho nitro benzene ring substituents is 1. The molecule has 420 valence electrons. The summed E-state index contributed by atoms with van der Waals surface area (Å²) in [6, 6.07) is 3.02. The number of nitrogens with zero attached hydrogens (tertiary/aromatic N) is 6. The Labute approximate surface area is 434 Å². The lowest BCUT2D eigenvalue weighted by Gasteiger charge is -2.49. The Kier molecular flexibility index (Phi) is 21.1. The van der Waals surface area contributed by atoms with Crippen molar-refractivity contribution in [2.45, 2.75) is 198 Å². The highest BCUT2D eigenvalue weighted by atomic mass is 19.1. The molecule has 22 nitrogen and oxygen atoms in total. The van der Waals surface area contributed by atoms with Crippen LogP contribution in [0.5, 0.6) is 0 Å². The number of nitro groups is 1. The minimum absolute atomic E-state index is 0.0642. The summed E-state index contributed by atoms with van der Waals surface area (Å²) in [5.74, 6) is -3.51. The summed E-state index contributed by atoms with van der Waals surface area (Å²) >= 11 is 0. The average Bonchev–Trinajstić information content (AvgIpc) is 3.83. The molecule has 1 amide bonds. The van der Waals surface area contributed by atoms with Crippen molar-refractivity contribution in [2.75, 3.05) is 47.5 Å². The van der Waals surface area contributed by atoms with Crippen molar-refractivity contribution in [3.8, 4) is 0 Å². The number of carbonyl (C=O) groups excluding carboxylic acids is 2. The Morgan fingerprint density at radius 1 is 1.04 bits per heavy atom. The molecule has 0 spiro atoms. The summed E-state index contributed by atoms with van der Waals surface area (Å²) in [5.41, 5.74) is -4.13. The Bertz CT molecular complexity index is 2140. The van der Waals surface area contributed by atoms with Crippen LogP contribution in [0.15, 0.2) is 30.5 Å². The van der Waals surface area contributed by atoms with Gasteiger partial charge in [0.05, 0.1) is 58.2 Å². The lowest BCUT2D eigenvalue weighted by molar-refractivity contribution is -0.384. The van der Waals surface area contributed by atoms with Crippen LogP contribution in [-0.2, 0) is 39.6 Å². The van der Waals surface area contributed by atoms with Crippen molar-refractivity contribution < 1.29 is 72.9 Å². The zero-order valence-corrected chi connectivity index (χ0v) is 45.4. The number of methoxy groups -OCH3 is 1. The molecule has 3 fully saturated rings. The first-order chi connectivity index (χ1) is 34.6. The van der Waals surface area contributed by atoms with Crippen LogP contribution in [0.1, 0.15) is 117 Å². The summed E-state index contributed by atoms with van der Waals surface area (Å²) in [4.78, 5) is 41.5. The van der Waals surface area contributed by atoms with Gasteiger partial charge in [0.15, 0.2) is 12.6 Å². The molecule has 5 rings (SSSR count). The molecule has 1 aromatic heterocycles. The molecule has 6 N–H and O–H groups in total. The number of aliphatic hydroxyl groups excluding tert-OH is 3. The van der Waals surface area contributed by atoms with Gasteiger partial charge in [0.25, 0.3) is 11.6 Å². The van der Waals surface area contributed by atoms with Crippen molar-refractivity contribution >= 4 is 17.6 Å². The standard InChI is InChI=1S/C51H84FN7O15/c1-14-39-51(10,66)43(61)32(6)57(12)26-28(2)22-49(8,65)45(30(4)42(31(5)47(64)72-39)73-40-23-50(9,69-13)44(62)33(7)71-40)74-48-41(60)38(21-29(3)70-48)56(11)20-19-35-27-58(55-54-35)37(24-52)25-53-46(63)34-15-17-36(18-16-34)59(67)68/h15-18,27-33,37-45,48,60-62,65-66H,14,19-26H2,1-13H3,(H,53,63)/t28-,29-,30+,31-,32-,33+,37?,38+,39-,40+,41-,42+,43-,44+,45-,48+,49-,50-,51-/m1/s1. The molecule has 4 heterocycles. The van der Waals surface area contributed by atoms with E-state index in [4.69, 9.17) is 28.4 Å². The average molecular weight is 1050 g/mol. The molecule has 19 atom stereocenters. The summed E-state index contributed by atoms with van der Waals surface area (Å²) < 4.78 is 53.8. The molecule has 0 bridgehead atoms. The third-order valence-electron chi connectivity index (χ3n) is 15.8. The fraction of sp³-hybridized carbons (Fsp3) is 0.804. The number of aliphatic hydroxyl groups is 5. The van der Waals surface area contributed by atoms with Gasteiger partial charge >= 0.3 is 5.97 Å². The molecule has 3 saturated heterocycles. The van der Waals surface area contributed by atoms with Crippen LogP contribution < -0.4 is 5.32 Å². The van der Waals surface area contributed by atoms with E-state index in [9.17, 15) is 49.6 Å². The maximum Gasteiger partial charge on any atom is 0.311 e. The minimum atomic E-state index is -1.87. The fourth-order valence-electron chi connectivity index (χ4n) is 11.0. The van der Waals surface area contributed by atoms with Gasteiger partial charge in [0.2, 0.25) is 0 Å². The Morgan fingerprint density at radius 3 is 2.31 bits per heavy atom. The van der Waals surface area contributed by atoms with Crippen LogP contribution in [0, 0.1) is 27.9 Å². The third kappa shape index (κ3) is 14.4. The number of benzene rings is 1. The van der Waals surface area contributed by atoms with Crippen molar-refractivity contribution in [3.05, 3.63) is 51.8 Å². The molecule has 3 aliphatic rings. The zero-order valence-electron chi connectivity index (χ0n) is 45.4. The Hall–Kier alpha value is -3.85. The predicted molar refractivity (Wildman–Crippen MR) is 267 cm³/mol. The maximum absolute atomic E-state index is 14.5. The Balaban J connectivity index is 1.40. The van der Waals surface area contributed by atoms with Gasteiger partial charge in [-0.25, -0.2) is 9.07 Å². The highest BCUT2D eigenvalue weighted by Gasteiger charge is 2.53. The van der Waals surface area contributed by atoms with Crippen LogP contribution >= 0.6 is 0 Å². The number of esters is 1. The van der Waals surface area contributed by atoms with Crippen molar-refractivity contribution in [1.82, 2.24) is 30.1 Å². The molecular weight excluding hydrogens is 970 g/mol. The van der Waals surface area contributed by atoms with Crippen molar-refractivity contribution in [3.63, 3.8) is 0 Å². The monoisotopic (exact) mass is 1050 g/mol. The van der Waals surface area contributed by atoms with E-state index in [2.05, 4.69) is 15.6 Å². The quantitative estimate of drug-likeness (QED) is 0.0801. The number of nitro benzene ring substituents is 1. The number of cyclic esters (lactones) is 1. The number of hydrogen-bond donors (Lipinski definition) is 6. The van der Waals surface area contributed by atoms with Crippen LogP contribution in [0.3, 0.4) is 0 Å². The van der Waals surface area contributed by atoms with Crippen molar-refractivity contribution in [1.29, 1.82) is 0 Å². The molecular formula is C51H84FN7O15. The molecule has 1 unspecified atom stereocenters. The van der Waals surface area contributed by atoms with Gasteiger partial charge in [-0.15, -0.1) is 5.10 Å². The number of aromatic nitrogens is 3. The van der Waals surface area contributed by atoms with E-state index in [1.807, 2.05) is 37.7 Å². The maximum atomic E-state index is 14.5. The molecule has 2 aromatic rings. The largest absolute Gasteiger partial charge is 0.459 e. The first-order valence-electron chi connectivity index (χ1n) is 25.8. The van der Waals surface area contributed by atoms with Gasteiger partial charge in [-0.1, -0.05) is 26.0 Å². The van der Waals surface area contributed by atoms with Gasteiger partial charge in [0.1, 0.15) is 36.7 Å². The van der Waals surface area contributed by atoms with E-state index in [1.165, 1.54) is 43.0 Å². The number of amides is 1. The number of hydrogen-bond acceptors (Lipinski definition) is 19. The van der Waals surface area contributed by atoms with E-state index >= 15 is 0 Å². The van der Waals surface area contributed by atoms with Gasteiger partial charge in [-0.2, -0.15) is 0 Å². The first-order valence-corrected chi connectivity index (χ1v) is 25.8. The number of alkyl halides is 1. The molecule has 0 radical (unpaired) electrons. The van der Waals surface area contributed by atoms with Crippen LogP contribution in [0.2, 0.25) is 0 Å². The summed E-state index contributed by atoms with van der Waals surface area (Å²) in [6.07, 6.45) is -7.90. The summed E-state index contributed by atoms with van der Waals surface area (Å²) in [7, 11) is 5.12. The second-order valence-corrected chi connectivity index (χ2v) is 21.9. The van der Waals surface area contributed by atoms with Crippen LogP contribution in [0.4, 0.5) is 10.1 Å². The lowest BCUT2D eigenvalue weighted by atomic mass is 9.77. The summed E-state index contributed by atoms with van der Waals surface area (Å²) in [5, 5.41) is 81.6. The van der Waals surface area contributed by atoms with E-state index in [0.717, 1.165) is 0 Å². The normalized spacial score (nSPS) is 38.6. The van der Waals surface area contributed by atoms with Gasteiger partial charge in [-0.05, 0) is 99.9 Å². The smallest absolute Gasteiger partial charge is 0.311 e. The van der Waals surface area contributed by atoms with Gasteiger partial charge in [-0.3, -0.25) is 19.7 Å². The third-order valence-corrected chi connectivity index (χ3v) is 15.8. The number of likely N-dealkylation sites (N-methyl/N-ethyl adjacent to an activating group) is 2. The number of nitrogens with one attached hydrogen (secondary N) is 1. The van der Waals surface area contributed by atoms with E-state index in [-0.39, 0.29) is 43.0 Å². The number of ether oxygens (including phenoxy) is 6. The second kappa shape index (κ2) is 25.5. The predicted octanol–water partition coefficient (Wildman–Crippen LogP) is 2.95. The van der Waals surface area contributed by atoms with E-state index in [0.29, 0.717) is 31.6 Å². The van der Waals surface area contributed by atoms with Crippen LogP contribution in [0.25, 0.3) is 0 Å². The summed E-state index contributed by atoms with van der Waals surface area (Å²) in [6.45, 7) is 16.9. The van der Waals surface area contributed by atoms with Gasteiger partial charge < -0.3 is 69.1 Å². The molecule has 1 aromatic carbocycles. The highest BCUT2D eigenvalue weighted by Crippen LogP contribution is 2.40. The second-order valence-electron chi connectivity index (χ2n) is 21.9. The minimum Gasteiger partial charge on any atom is -0.459 e. The topological polar surface area (TPSA) is 283 Å². The number of halogens is 1. The van der Waals surface area contributed by atoms with E-state index < -0.39 is 132 Å². The molecule has 74 heavy (non-hydrogen) atoms. The zero-order chi connectivity index (χ0) is 55.2. The number of rotatable bonds is 16. The van der Waals surface area contributed by atoms with E-state index in [1.54, 1.807) is 54.7 Å². The SMILES string of the molecule is CC[C@H]1OC(=O)[C@H](C)[C@@H](O[C@H]2C[C@@](C)(OC)[C@@H](O)[C@H](C)O2)[C@H](C)[C@@H](O[C@@H]2O[C@H](C)C[C@H](N(C)CCc3cn(C(CF)CNC(=O)c4ccc([N+](=O)[O-])cc4)nn3)[C@H]2O)[C@](C)(O)C[C@@H](C)CN(C)[C@H](C)[C@@H](O)[C@]1(C)O. The molecule has 23 heteroatoms. The number of carbonyl (C=O) groups is 2. The highest BCUT2D eigenvalue weighted by molar-refractivity contribution is 5.94. The Morgan fingerprint density at radius 2 is 1.70 bits per heavy atom. The van der Waals surface area contributed by atoms with Crippen LogP contribution in [-0.4, -0.2) is 205 Å². The first kappa shape index (κ1) is 61.0. The lowest BCUT2D eigenvalue weighted by Crippen LogP contribution is -2.61. The molecule has 3 aliphatic heterocycles.